The van der Waals surface area contributed by atoms with E-state index in [0.29, 0.717) is 22.7 Å². The largest absolute Gasteiger partial charge is 0.401 e. The molecule has 1 heterocycles. The van der Waals surface area contributed by atoms with Crippen molar-refractivity contribution in [2.45, 2.75) is 19.4 Å². The van der Waals surface area contributed by atoms with Gasteiger partial charge in [-0.2, -0.15) is 0 Å². The zero-order chi connectivity index (χ0) is 19.3. The minimum absolute atomic E-state index is 0.234. The third kappa shape index (κ3) is 5.04. The molecule has 8 heteroatoms. The summed E-state index contributed by atoms with van der Waals surface area (Å²) in [4.78, 5) is 13.1. The smallest absolute Gasteiger partial charge is 0.261 e. The van der Waals surface area contributed by atoms with Gasteiger partial charge in [-0.25, -0.2) is 10.2 Å². The minimum Gasteiger partial charge on any atom is -0.401 e. The maximum atomic E-state index is 13.3. The molecule has 0 aliphatic carbocycles. The van der Waals surface area contributed by atoms with Crippen LogP contribution in [-0.2, 0) is 6.42 Å². The third-order valence-corrected chi connectivity index (χ3v) is 4.74. The molecule has 0 spiro atoms. The second kappa shape index (κ2) is 8.79. The summed E-state index contributed by atoms with van der Waals surface area (Å²) >= 11 is 1.30. The lowest BCUT2D eigenvalue weighted by atomic mass is 10.1. The molecule has 0 aliphatic rings. The van der Waals surface area contributed by atoms with Crippen molar-refractivity contribution in [2.75, 3.05) is 13.6 Å². The van der Waals surface area contributed by atoms with Gasteiger partial charge >= 0.3 is 0 Å². The molecule has 1 unspecified atom stereocenters. The Morgan fingerprint density at radius 3 is 2.69 bits per heavy atom. The summed E-state index contributed by atoms with van der Waals surface area (Å²) in [5.41, 5.74) is 14.4. The predicted molar refractivity (Wildman–Crippen MR) is 103 cm³/mol. The monoisotopic (exact) mass is 377 g/mol. The molecule has 0 saturated carbocycles. The van der Waals surface area contributed by atoms with E-state index in [-0.39, 0.29) is 24.3 Å². The molecule has 0 radical (unpaired) electrons. The van der Waals surface area contributed by atoms with Crippen LogP contribution in [-0.4, -0.2) is 30.6 Å². The number of hydrogen-bond donors (Lipinski definition) is 4. The highest BCUT2D eigenvalue weighted by atomic mass is 32.1. The van der Waals surface area contributed by atoms with Gasteiger partial charge in [0.1, 0.15) is 5.82 Å². The lowest BCUT2D eigenvalue weighted by Gasteiger charge is -2.17. The number of nitrogens with zero attached hydrogens (tertiary/aromatic N) is 1. The molecule has 0 bridgehead atoms. The lowest BCUT2D eigenvalue weighted by Crippen LogP contribution is -2.41. The van der Waals surface area contributed by atoms with Gasteiger partial charge in [0.2, 0.25) is 0 Å². The number of amides is 1. The zero-order valence-corrected chi connectivity index (χ0v) is 15.6. The van der Waals surface area contributed by atoms with Crippen LogP contribution in [0.2, 0.25) is 0 Å². The summed E-state index contributed by atoms with van der Waals surface area (Å²) in [6, 6.07) is 7.71. The van der Waals surface area contributed by atoms with Crippen molar-refractivity contribution < 1.29 is 9.18 Å². The van der Waals surface area contributed by atoms with E-state index < -0.39 is 0 Å². The van der Waals surface area contributed by atoms with Crippen LogP contribution in [0.5, 0.6) is 0 Å². The summed E-state index contributed by atoms with van der Waals surface area (Å²) in [5, 5.41) is 6.14. The standard InChI is InChI=1S/C18H24FN5OS/c1-11(21)17(24(2)22)13-8-16(26-10-13)18(25)23-15(9-20)7-12-4-3-5-14(19)6-12/h3-6,8,10,15H,7,9,20-22H2,1-2H3,(H,23,25)/b17-11-. The first-order valence-corrected chi connectivity index (χ1v) is 8.98. The maximum Gasteiger partial charge on any atom is 0.261 e. The number of carbonyl (C=O) groups is 1. The van der Waals surface area contributed by atoms with Gasteiger partial charge in [-0.05, 0) is 37.1 Å². The van der Waals surface area contributed by atoms with E-state index in [4.69, 9.17) is 17.3 Å². The van der Waals surface area contributed by atoms with Crippen molar-refractivity contribution >= 4 is 22.9 Å². The number of thiophene rings is 1. The van der Waals surface area contributed by atoms with Crippen LogP contribution in [0.1, 0.15) is 27.7 Å². The van der Waals surface area contributed by atoms with E-state index in [9.17, 15) is 9.18 Å². The Kier molecular flexibility index (Phi) is 6.73. The fourth-order valence-corrected chi connectivity index (χ4v) is 3.48. The molecule has 0 saturated heterocycles. The molecule has 7 N–H and O–H groups in total. The lowest BCUT2D eigenvalue weighted by molar-refractivity contribution is 0.0942. The quantitative estimate of drug-likeness (QED) is 0.433. The Balaban J connectivity index is 2.10. The Morgan fingerprint density at radius 2 is 2.12 bits per heavy atom. The summed E-state index contributed by atoms with van der Waals surface area (Å²) in [7, 11) is 1.69. The highest BCUT2D eigenvalue weighted by Gasteiger charge is 2.17. The topological polar surface area (TPSA) is 110 Å². The fourth-order valence-electron chi connectivity index (χ4n) is 2.69. The number of nitrogens with one attached hydrogen (secondary N) is 1. The summed E-state index contributed by atoms with van der Waals surface area (Å²) in [6.07, 6.45) is 0.455. The number of halogens is 1. The Bertz CT molecular complexity index is 798. The molecule has 1 atom stereocenters. The number of hydrazine groups is 1. The van der Waals surface area contributed by atoms with Crippen LogP contribution >= 0.6 is 11.3 Å². The zero-order valence-electron chi connectivity index (χ0n) is 14.8. The number of allylic oxidation sites excluding steroid dienone is 1. The molecule has 6 nitrogen and oxygen atoms in total. The molecule has 2 rings (SSSR count). The first kappa shape index (κ1) is 19.9. The minimum atomic E-state index is -0.310. The van der Waals surface area contributed by atoms with Gasteiger partial charge in [-0.15, -0.1) is 11.3 Å². The van der Waals surface area contributed by atoms with Crippen molar-refractivity contribution in [1.29, 1.82) is 0 Å². The van der Waals surface area contributed by atoms with Crippen LogP contribution in [0.4, 0.5) is 4.39 Å². The first-order chi connectivity index (χ1) is 12.3. The molecule has 1 amide bonds. The summed E-state index contributed by atoms with van der Waals surface area (Å²) in [6.45, 7) is 2.00. The van der Waals surface area contributed by atoms with E-state index in [1.165, 1.54) is 28.5 Å². The van der Waals surface area contributed by atoms with Gasteiger partial charge in [0.25, 0.3) is 5.91 Å². The number of rotatable bonds is 7. The normalized spacial score (nSPS) is 13.1. The average Bonchev–Trinajstić information content (AvgIpc) is 3.03. The van der Waals surface area contributed by atoms with Crippen molar-refractivity contribution in [1.82, 2.24) is 10.3 Å². The van der Waals surface area contributed by atoms with E-state index in [1.807, 2.05) is 5.38 Å². The van der Waals surface area contributed by atoms with Crippen molar-refractivity contribution in [3.8, 4) is 0 Å². The van der Waals surface area contributed by atoms with Gasteiger partial charge in [-0.3, -0.25) is 4.79 Å². The van der Waals surface area contributed by atoms with Gasteiger partial charge in [0.05, 0.1) is 10.6 Å². The van der Waals surface area contributed by atoms with Crippen molar-refractivity contribution in [2.24, 2.45) is 17.3 Å². The molecule has 140 valence electrons. The second-order valence-electron chi connectivity index (χ2n) is 6.08. The van der Waals surface area contributed by atoms with Crippen LogP contribution in [0.25, 0.3) is 5.70 Å². The second-order valence-corrected chi connectivity index (χ2v) is 6.99. The summed E-state index contributed by atoms with van der Waals surface area (Å²) < 4.78 is 13.3. The Morgan fingerprint density at radius 1 is 1.38 bits per heavy atom. The van der Waals surface area contributed by atoms with Gasteiger partial charge in [0.15, 0.2) is 0 Å². The molecular formula is C18H24FN5OS. The van der Waals surface area contributed by atoms with E-state index in [0.717, 1.165) is 11.1 Å². The maximum absolute atomic E-state index is 13.3. The Hall–Kier alpha value is -2.42. The molecule has 2 aromatic rings. The molecule has 1 aromatic carbocycles. The van der Waals surface area contributed by atoms with Gasteiger partial charge in [0, 0.05) is 36.3 Å². The fraction of sp³-hybridized carbons (Fsp3) is 0.278. The van der Waals surface area contributed by atoms with Crippen molar-refractivity contribution in [3.63, 3.8) is 0 Å². The van der Waals surface area contributed by atoms with E-state index in [2.05, 4.69) is 5.32 Å². The Labute approximate surface area is 156 Å². The first-order valence-electron chi connectivity index (χ1n) is 8.10. The third-order valence-electron chi connectivity index (χ3n) is 3.81. The van der Waals surface area contributed by atoms with Crippen LogP contribution in [0.15, 0.2) is 41.4 Å². The van der Waals surface area contributed by atoms with Crippen LogP contribution < -0.4 is 22.6 Å². The highest BCUT2D eigenvalue weighted by Crippen LogP contribution is 2.24. The van der Waals surface area contributed by atoms with E-state index >= 15 is 0 Å². The van der Waals surface area contributed by atoms with Gasteiger partial charge < -0.3 is 21.8 Å². The number of hydrogen-bond acceptors (Lipinski definition) is 6. The van der Waals surface area contributed by atoms with Crippen LogP contribution in [0, 0.1) is 5.82 Å². The molecule has 1 aromatic heterocycles. The SMILES string of the molecule is C/C(N)=C(\c1csc(C(=O)NC(CN)Cc2cccc(F)c2)c1)N(C)N. The number of nitrogens with two attached hydrogens (primary N) is 3. The summed E-state index contributed by atoms with van der Waals surface area (Å²) in [5.74, 6) is 5.26. The average molecular weight is 377 g/mol. The number of carbonyl (C=O) groups excluding carboxylic acids is 1. The van der Waals surface area contributed by atoms with Crippen LogP contribution in [0.3, 0.4) is 0 Å². The molecule has 0 fully saturated rings. The molecule has 26 heavy (non-hydrogen) atoms. The van der Waals surface area contributed by atoms with Crippen molar-refractivity contribution in [3.05, 3.63) is 63.2 Å². The van der Waals surface area contributed by atoms with E-state index in [1.54, 1.807) is 32.2 Å². The molecule has 0 aliphatic heterocycles. The predicted octanol–water partition coefficient (Wildman–Crippen LogP) is 1.64. The number of benzene rings is 1. The molecular weight excluding hydrogens is 353 g/mol. The highest BCUT2D eigenvalue weighted by molar-refractivity contribution is 7.12. The van der Waals surface area contributed by atoms with Gasteiger partial charge in [-0.1, -0.05) is 12.1 Å².